The minimum atomic E-state index is 0.109. The number of Topliss-reactive ketones (excluding diaryl/α,β-unsaturated/α-hetero) is 1. The van der Waals surface area contributed by atoms with Crippen LogP contribution in [0, 0.1) is 9.49 Å². The fourth-order valence-electron chi connectivity index (χ4n) is 1.14. The van der Waals surface area contributed by atoms with Gasteiger partial charge in [0, 0.05) is 19.5 Å². The molecular weight excluding hydrogens is 355 g/mol. The van der Waals surface area contributed by atoms with E-state index in [2.05, 4.69) is 38.5 Å². The molecule has 1 aromatic carbocycles. The third-order valence-electron chi connectivity index (χ3n) is 2.25. The Morgan fingerprint density at radius 3 is 2.79 bits per heavy atom. The molecule has 0 bridgehead atoms. The number of hydrogen-bond acceptors (Lipinski definition) is 1. The van der Waals surface area contributed by atoms with Crippen molar-refractivity contribution < 1.29 is 4.79 Å². The normalized spacial score (nSPS) is 12.6. The first kappa shape index (κ1) is 12.2. The molecule has 1 atom stereocenters. The van der Waals surface area contributed by atoms with E-state index in [9.17, 15) is 4.79 Å². The summed E-state index contributed by atoms with van der Waals surface area (Å²) in [5.41, 5.74) is 0.828. The third-order valence-corrected chi connectivity index (χ3v) is 3.69. The molecule has 0 aliphatic heterocycles. The van der Waals surface area contributed by atoms with E-state index < -0.39 is 0 Å². The molecular formula is C11H12BrIO. The number of halogens is 2. The molecule has 0 aromatic heterocycles. The zero-order chi connectivity index (χ0) is 10.7. The molecule has 0 spiro atoms. The SMILES string of the molecule is CCC(C)C(=O)c1cc(Br)ccc1I. The fourth-order valence-corrected chi connectivity index (χ4v) is 2.10. The van der Waals surface area contributed by atoms with Crippen LogP contribution in [0.4, 0.5) is 0 Å². The molecule has 1 aromatic rings. The topological polar surface area (TPSA) is 17.1 Å². The van der Waals surface area contributed by atoms with Gasteiger partial charge in [-0.25, -0.2) is 0 Å². The summed E-state index contributed by atoms with van der Waals surface area (Å²) in [5, 5.41) is 0. The number of rotatable bonds is 3. The zero-order valence-corrected chi connectivity index (χ0v) is 11.9. The standard InChI is InChI=1S/C11H12BrIO/c1-3-7(2)11(14)9-6-8(12)4-5-10(9)13/h4-7H,3H2,1-2H3. The molecule has 0 fully saturated rings. The minimum Gasteiger partial charge on any atom is -0.294 e. The highest BCUT2D eigenvalue weighted by Crippen LogP contribution is 2.22. The van der Waals surface area contributed by atoms with E-state index in [1.54, 1.807) is 0 Å². The summed E-state index contributed by atoms with van der Waals surface area (Å²) in [7, 11) is 0. The van der Waals surface area contributed by atoms with Crippen LogP contribution >= 0.6 is 38.5 Å². The predicted molar refractivity (Wildman–Crippen MR) is 70.6 cm³/mol. The van der Waals surface area contributed by atoms with Crippen LogP contribution in [-0.4, -0.2) is 5.78 Å². The van der Waals surface area contributed by atoms with E-state index >= 15 is 0 Å². The van der Waals surface area contributed by atoms with Crippen molar-refractivity contribution in [3.63, 3.8) is 0 Å². The van der Waals surface area contributed by atoms with Crippen LogP contribution in [0.25, 0.3) is 0 Å². The molecule has 76 valence electrons. The Bertz CT molecular complexity index is 349. The van der Waals surface area contributed by atoms with Crippen molar-refractivity contribution in [1.29, 1.82) is 0 Å². The Kier molecular flexibility index (Phi) is 4.57. The largest absolute Gasteiger partial charge is 0.294 e. The van der Waals surface area contributed by atoms with Crippen LogP contribution in [0.15, 0.2) is 22.7 Å². The summed E-state index contributed by atoms with van der Waals surface area (Å²) in [5.74, 6) is 0.344. The van der Waals surface area contributed by atoms with Crippen molar-refractivity contribution in [3.8, 4) is 0 Å². The molecule has 1 nitrogen and oxygen atoms in total. The van der Waals surface area contributed by atoms with Crippen LogP contribution in [0.3, 0.4) is 0 Å². The van der Waals surface area contributed by atoms with E-state index in [1.807, 2.05) is 32.0 Å². The Morgan fingerprint density at radius 1 is 1.57 bits per heavy atom. The molecule has 0 saturated carbocycles. The van der Waals surface area contributed by atoms with E-state index in [0.717, 1.165) is 20.0 Å². The van der Waals surface area contributed by atoms with Crippen LogP contribution in [-0.2, 0) is 0 Å². The minimum absolute atomic E-state index is 0.109. The van der Waals surface area contributed by atoms with Gasteiger partial charge in [0.25, 0.3) is 0 Å². The lowest BCUT2D eigenvalue weighted by atomic mass is 9.97. The quantitative estimate of drug-likeness (QED) is 0.576. The molecule has 1 rings (SSSR count). The highest BCUT2D eigenvalue weighted by Gasteiger charge is 2.15. The van der Waals surface area contributed by atoms with Crippen LogP contribution in [0.5, 0.6) is 0 Å². The summed E-state index contributed by atoms with van der Waals surface area (Å²) in [6.07, 6.45) is 0.890. The molecule has 0 radical (unpaired) electrons. The van der Waals surface area contributed by atoms with Gasteiger partial charge in [-0.05, 0) is 47.2 Å². The summed E-state index contributed by atoms with van der Waals surface area (Å²) < 4.78 is 1.99. The lowest BCUT2D eigenvalue weighted by Gasteiger charge is -2.09. The second-order valence-electron chi connectivity index (χ2n) is 3.30. The molecule has 0 amide bonds. The van der Waals surface area contributed by atoms with Crippen molar-refractivity contribution >= 4 is 44.3 Å². The van der Waals surface area contributed by atoms with Gasteiger partial charge in [-0.2, -0.15) is 0 Å². The highest BCUT2D eigenvalue weighted by atomic mass is 127. The van der Waals surface area contributed by atoms with E-state index in [-0.39, 0.29) is 11.7 Å². The van der Waals surface area contributed by atoms with Gasteiger partial charge in [0.15, 0.2) is 5.78 Å². The van der Waals surface area contributed by atoms with Crippen molar-refractivity contribution in [2.45, 2.75) is 20.3 Å². The smallest absolute Gasteiger partial charge is 0.166 e. The first-order chi connectivity index (χ1) is 6.56. The molecule has 1 unspecified atom stereocenters. The number of carbonyl (C=O) groups excluding carboxylic acids is 1. The monoisotopic (exact) mass is 366 g/mol. The van der Waals surface area contributed by atoms with Crippen molar-refractivity contribution in [3.05, 3.63) is 31.8 Å². The first-order valence-corrected chi connectivity index (χ1v) is 6.42. The maximum Gasteiger partial charge on any atom is 0.166 e. The van der Waals surface area contributed by atoms with Gasteiger partial charge >= 0.3 is 0 Å². The highest BCUT2D eigenvalue weighted by molar-refractivity contribution is 14.1. The Labute approximate surface area is 107 Å². The second kappa shape index (κ2) is 5.26. The second-order valence-corrected chi connectivity index (χ2v) is 5.38. The molecule has 0 aliphatic rings. The lowest BCUT2D eigenvalue weighted by Crippen LogP contribution is -2.11. The van der Waals surface area contributed by atoms with Gasteiger partial charge in [0.2, 0.25) is 0 Å². The van der Waals surface area contributed by atoms with Gasteiger partial charge in [-0.1, -0.05) is 29.8 Å². The number of carbonyl (C=O) groups is 1. The molecule has 3 heteroatoms. The van der Waals surface area contributed by atoms with Crippen molar-refractivity contribution in [2.24, 2.45) is 5.92 Å². The average Bonchev–Trinajstić information content (AvgIpc) is 2.19. The molecule has 0 N–H and O–H groups in total. The maximum atomic E-state index is 11.9. The molecule has 0 heterocycles. The van der Waals surface area contributed by atoms with E-state index in [4.69, 9.17) is 0 Å². The fraction of sp³-hybridized carbons (Fsp3) is 0.364. The van der Waals surface area contributed by atoms with Crippen molar-refractivity contribution in [1.82, 2.24) is 0 Å². The lowest BCUT2D eigenvalue weighted by molar-refractivity contribution is 0.0926. The van der Waals surface area contributed by atoms with Gasteiger partial charge in [0.05, 0.1) is 0 Å². The number of hydrogen-bond donors (Lipinski definition) is 0. The molecule has 14 heavy (non-hydrogen) atoms. The van der Waals surface area contributed by atoms with E-state index in [1.165, 1.54) is 0 Å². The zero-order valence-electron chi connectivity index (χ0n) is 8.18. The third kappa shape index (κ3) is 2.79. The predicted octanol–water partition coefficient (Wildman–Crippen LogP) is 4.28. The summed E-state index contributed by atoms with van der Waals surface area (Å²) in [6.45, 7) is 4.01. The summed E-state index contributed by atoms with van der Waals surface area (Å²) in [4.78, 5) is 11.9. The Balaban J connectivity index is 3.06. The molecule has 0 aliphatic carbocycles. The van der Waals surface area contributed by atoms with Gasteiger partial charge in [-0.3, -0.25) is 4.79 Å². The first-order valence-electron chi connectivity index (χ1n) is 4.55. The number of ketones is 1. The maximum absolute atomic E-state index is 11.9. The van der Waals surface area contributed by atoms with Crippen LogP contribution < -0.4 is 0 Å². The molecule has 0 saturated heterocycles. The van der Waals surface area contributed by atoms with Gasteiger partial charge in [-0.15, -0.1) is 0 Å². The van der Waals surface area contributed by atoms with Crippen LogP contribution in [0.2, 0.25) is 0 Å². The van der Waals surface area contributed by atoms with Crippen LogP contribution in [0.1, 0.15) is 30.6 Å². The Morgan fingerprint density at radius 2 is 2.21 bits per heavy atom. The van der Waals surface area contributed by atoms with E-state index in [0.29, 0.717) is 0 Å². The van der Waals surface area contributed by atoms with Gasteiger partial charge < -0.3 is 0 Å². The Hall–Kier alpha value is 0.1000. The summed E-state index contributed by atoms with van der Waals surface area (Å²) in [6, 6.07) is 5.81. The van der Waals surface area contributed by atoms with Gasteiger partial charge in [0.1, 0.15) is 0 Å². The average molecular weight is 367 g/mol. The summed E-state index contributed by atoms with van der Waals surface area (Å²) >= 11 is 5.58. The van der Waals surface area contributed by atoms with Crippen molar-refractivity contribution in [2.75, 3.05) is 0 Å². The number of benzene rings is 1.